The van der Waals surface area contributed by atoms with E-state index in [9.17, 15) is 9.59 Å². The number of carboxylic acids is 1. The second-order valence-corrected chi connectivity index (χ2v) is 5.60. The number of aliphatic carboxylic acids is 1. The van der Waals surface area contributed by atoms with Crippen molar-refractivity contribution in [3.63, 3.8) is 0 Å². The summed E-state index contributed by atoms with van der Waals surface area (Å²) in [7, 11) is 0. The number of benzene rings is 2. The van der Waals surface area contributed by atoms with E-state index in [-0.39, 0.29) is 27.8 Å². The number of halogens is 2. The van der Waals surface area contributed by atoms with Crippen LogP contribution in [0.25, 0.3) is 5.57 Å². The SMILES string of the molecule is NC(C(=O)O)=C(C(=O)OCc1ccccc1)c1ccc(Cl)c(Cl)c1. The van der Waals surface area contributed by atoms with Crippen LogP contribution in [0, 0.1) is 0 Å². The minimum absolute atomic E-state index is 0.0165. The molecule has 2 aromatic rings. The number of nitrogens with two attached hydrogens (primary N) is 1. The second-order valence-electron chi connectivity index (χ2n) is 4.78. The molecular formula is C17H13Cl2NO4. The van der Waals surface area contributed by atoms with Crippen molar-refractivity contribution in [2.75, 3.05) is 0 Å². The van der Waals surface area contributed by atoms with Crippen LogP contribution in [0.2, 0.25) is 10.0 Å². The first-order valence-corrected chi connectivity index (χ1v) is 7.55. The van der Waals surface area contributed by atoms with Crippen LogP contribution in [0.3, 0.4) is 0 Å². The van der Waals surface area contributed by atoms with Gasteiger partial charge in [-0.2, -0.15) is 0 Å². The highest BCUT2D eigenvalue weighted by molar-refractivity contribution is 6.42. The Morgan fingerprint density at radius 1 is 1.04 bits per heavy atom. The van der Waals surface area contributed by atoms with Crippen LogP contribution in [-0.2, 0) is 20.9 Å². The summed E-state index contributed by atoms with van der Waals surface area (Å²) in [4.78, 5) is 23.6. The molecule has 0 radical (unpaired) electrons. The molecule has 2 aromatic carbocycles. The number of hydrogen-bond acceptors (Lipinski definition) is 4. The molecule has 0 aliphatic carbocycles. The Kier molecular flexibility index (Phi) is 5.84. The molecule has 2 rings (SSSR count). The van der Waals surface area contributed by atoms with E-state index in [4.69, 9.17) is 38.8 Å². The lowest BCUT2D eigenvalue weighted by Crippen LogP contribution is -2.19. The van der Waals surface area contributed by atoms with Gasteiger partial charge in [0.25, 0.3) is 0 Å². The zero-order valence-corrected chi connectivity index (χ0v) is 13.8. The van der Waals surface area contributed by atoms with Crippen molar-refractivity contribution in [1.29, 1.82) is 0 Å². The molecule has 0 atom stereocenters. The molecule has 0 unspecified atom stereocenters. The molecule has 24 heavy (non-hydrogen) atoms. The fourth-order valence-corrected chi connectivity index (χ4v) is 2.24. The highest BCUT2D eigenvalue weighted by Gasteiger charge is 2.22. The summed E-state index contributed by atoms with van der Waals surface area (Å²) in [6.07, 6.45) is 0. The standard InChI is InChI=1S/C17H13Cl2NO4/c18-12-7-6-11(8-13(12)19)14(15(20)16(21)22)17(23)24-9-10-4-2-1-3-5-10/h1-8H,9,20H2,(H,21,22). The second kappa shape index (κ2) is 7.86. The Balaban J connectivity index is 2.33. The molecular weight excluding hydrogens is 353 g/mol. The molecule has 0 fully saturated rings. The Morgan fingerprint density at radius 2 is 1.71 bits per heavy atom. The monoisotopic (exact) mass is 365 g/mol. The lowest BCUT2D eigenvalue weighted by molar-refractivity contribution is -0.139. The Bertz CT molecular complexity index is 803. The minimum Gasteiger partial charge on any atom is -0.477 e. The van der Waals surface area contributed by atoms with Gasteiger partial charge in [0.2, 0.25) is 0 Å². The van der Waals surface area contributed by atoms with Crippen LogP contribution in [0.5, 0.6) is 0 Å². The Labute approximate surface area is 148 Å². The smallest absolute Gasteiger partial charge is 0.352 e. The average Bonchev–Trinajstić information content (AvgIpc) is 2.57. The predicted octanol–water partition coefficient (Wildman–Crippen LogP) is 3.49. The molecule has 0 amide bonds. The lowest BCUT2D eigenvalue weighted by Gasteiger charge is -2.11. The number of esters is 1. The first-order chi connectivity index (χ1) is 11.4. The van der Waals surface area contributed by atoms with Gasteiger partial charge in [0.05, 0.1) is 15.6 Å². The average molecular weight is 366 g/mol. The summed E-state index contributed by atoms with van der Waals surface area (Å²) >= 11 is 11.8. The summed E-state index contributed by atoms with van der Waals surface area (Å²) in [5.74, 6) is -2.30. The van der Waals surface area contributed by atoms with Gasteiger partial charge in [-0.05, 0) is 23.3 Å². The molecule has 124 valence electrons. The van der Waals surface area contributed by atoms with Crippen molar-refractivity contribution in [1.82, 2.24) is 0 Å². The van der Waals surface area contributed by atoms with Gasteiger partial charge < -0.3 is 15.6 Å². The van der Waals surface area contributed by atoms with Crippen molar-refractivity contribution in [2.24, 2.45) is 5.73 Å². The van der Waals surface area contributed by atoms with Crippen LogP contribution in [0.1, 0.15) is 11.1 Å². The summed E-state index contributed by atoms with van der Waals surface area (Å²) in [6.45, 7) is -0.0165. The normalized spacial score (nSPS) is 11.6. The molecule has 0 aromatic heterocycles. The van der Waals surface area contributed by atoms with E-state index in [1.807, 2.05) is 6.07 Å². The molecule has 0 aliphatic rings. The zero-order valence-electron chi connectivity index (χ0n) is 12.3. The summed E-state index contributed by atoms with van der Waals surface area (Å²) in [5, 5.41) is 9.56. The van der Waals surface area contributed by atoms with E-state index >= 15 is 0 Å². The van der Waals surface area contributed by atoms with Crippen LogP contribution in [0.4, 0.5) is 0 Å². The summed E-state index contributed by atoms with van der Waals surface area (Å²) in [5.41, 5.74) is 5.61. The number of carbonyl (C=O) groups is 2. The minimum atomic E-state index is -1.44. The van der Waals surface area contributed by atoms with E-state index in [2.05, 4.69) is 0 Å². The highest BCUT2D eigenvalue weighted by atomic mass is 35.5. The fourth-order valence-electron chi connectivity index (χ4n) is 1.94. The van der Waals surface area contributed by atoms with E-state index in [0.29, 0.717) is 0 Å². The van der Waals surface area contributed by atoms with E-state index in [0.717, 1.165) is 5.56 Å². The third-order valence-electron chi connectivity index (χ3n) is 3.12. The Morgan fingerprint density at radius 3 is 2.29 bits per heavy atom. The first-order valence-electron chi connectivity index (χ1n) is 6.79. The molecule has 5 nitrogen and oxygen atoms in total. The molecule has 0 bridgehead atoms. The first kappa shape index (κ1) is 17.8. The van der Waals surface area contributed by atoms with Crippen molar-refractivity contribution >= 4 is 40.7 Å². The molecule has 0 aliphatic heterocycles. The predicted molar refractivity (Wildman–Crippen MR) is 91.4 cm³/mol. The van der Waals surface area contributed by atoms with Crippen molar-refractivity contribution in [2.45, 2.75) is 6.61 Å². The summed E-state index contributed by atoms with van der Waals surface area (Å²) < 4.78 is 5.17. The largest absolute Gasteiger partial charge is 0.477 e. The molecule has 7 heteroatoms. The van der Waals surface area contributed by atoms with E-state index < -0.39 is 17.6 Å². The van der Waals surface area contributed by atoms with Gasteiger partial charge in [-0.15, -0.1) is 0 Å². The molecule has 0 heterocycles. The lowest BCUT2D eigenvalue weighted by atomic mass is 10.0. The van der Waals surface area contributed by atoms with Gasteiger partial charge >= 0.3 is 11.9 Å². The number of rotatable bonds is 5. The number of hydrogen-bond donors (Lipinski definition) is 2. The van der Waals surface area contributed by atoms with Gasteiger partial charge in [0.1, 0.15) is 12.3 Å². The number of carboxylic acid groups (broad SMARTS) is 1. The maximum absolute atomic E-state index is 12.4. The van der Waals surface area contributed by atoms with Gasteiger partial charge in [-0.3, -0.25) is 0 Å². The van der Waals surface area contributed by atoms with Crippen LogP contribution in [-0.4, -0.2) is 17.0 Å². The zero-order chi connectivity index (χ0) is 17.7. The van der Waals surface area contributed by atoms with Crippen molar-refractivity contribution < 1.29 is 19.4 Å². The van der Waals surface area contributed by atoms with Gasteiger partial charge in [0.15, 0.2) is 0 Å². The van der Waals surface area contributed by atoms with Gasteiger partial charge in [-0.1, -0.05) is 59.6 Å². The maximum Gasteiger partial charge on any atom is 0.352 e. The summed E-state index contributed by atoms with van der Waals surface area (Å²) in [6, 6.07) is 13.2. The third kappa shape index (κ3) is 4.28. The molecule has 0 saturated heterocycles. The highest BCUT2D eigenvalue weighted by Crippen LogP contribution is 2.28. The van der Waals surface area contributed by atoms with Crippen molar-refractivity contribution in [3.05, 3.63) is 75.4 Å². The molecule has 3 N–H and O–H groups in total. The fraction of sp³-hybridized carbons (Fsp3) is 0.0588. The van der Waals surface area contributed by atoms with Gasteiger partial charge in [-0.25, -0.2) is 9.59 Å². The molecule has 0 saturated carbocycles. The Hall–Kier alpha value is -2.50. The van der Waals surface area contributed by atoms with Crippen LogP contribution < -0.4 is 5.73 Å². The molecule has 0 spiro atoms. The number of carbonyl (C=O) groups excluding carboxylic acids is 1. The van der Waals surface area contributed by atoms with Crippen LogP contribution in [0.15, 0.2) is 54.2 Å². The number of ether oxygens (including phenoxy) is 1. The van der Waals surface area contributed by atoms with Gasteiger partial charge in [0, 0.05) is 0 Å². The van der Waals surface area contributed by atoms with E-state index in [1.54, 1.807) is 24.3 Å². The third-order valence-corrected chi connectivity index (χ3v) is 3.86. The quantitative estimate of drug-likeness (QED) is 0.625. The van der Waals surface area contributed by atoms with Crippen molar-refractivity contribution in [3.8, 4) is 0 Å². The topological polar surface area (TPSA) is 89.6 Å². The van der Waals surface area contributed by atoms with Crippen LogP contribution >= 0.6 is 23.2 Å². The maximum atomic E-state index is 12.4. The van der Waals surface area contributed by atoms with E-state index in [1.165, 1.54) is 18.2 Å².